The molecule has 0 saturated carbocycles. The molecule has 0 radical (unpaired) electrons. The van der Waals surface area contributed by atoms with Crippen LogP contribution in [0.15, 0.2) is 56.3 Å². The predicted molar refractivity (Wildman–Crippen MR) is 69.4 cm³/mol. The number of benzene rings is 1. The van der Waals surface area contributed by atoms with E-state index < -0.39 is 0 Å². The van der Waals surface area contributed by atoms with Crippen LogP contribution in [0.3, 0.4) is 0 Å². The molecule has 3 N–H and O–H groups in total. The molecule has 0 spiro atoms. The molecule has 2 rings (SSSR count). The number of nitrogens with two attached hydrogens (primary N) is 1. The highest BCUT2D eigenvalue weighted by Gasteiger charge is 2.00. The van der Waals surface area contributed by atoms with Gasteiger partial charge < -0.3 is 14.9 Å². The Morgan fingerprint density at radius 2 is 2.24 bits per heavy atom. The number of hydrogen-bond donors (Lipinski definition) is 2. The Kier molecular flexibility index (Phi) is 3.39. The summed E-state index contributed by atoms with van der Waals surface area (Å²) in [5.74, 6) is 0.606. The molecule has 4 nitrogen and oxygen atoms in total. The van der Waals surface area contributed by atoms with Gasteiger partial charge in [-0.25, -0.2) is 4.79 Å². The van der Waals surface area contributed by atoms with Crippen LogP contribution < -0.4 is 16.1 Å². The van der Waals surface area contributed by atoms with Crippen LogP contribution in [-0.4, -0.2) is 0 Å². The second-order valence-electron chi connectivity index (χ2n) is 3.40. The molecule has 17 heavy (non-hydrogen) atoms. The third-order valence-electron chi connectivity index (χ3n) is 2.19. The third kappa shape index (κ3) is 2.82. The van der Waals surface area contributed by atoms with E-state index in [4.69, 9.17) is 10.2 Å². The predicted octanol–water partition coefficient (Wildman–Crippen LogP) is 2.21. The van der Waals surface area contributed by atoms with E-state index in [9.17, 15) is 4.79 Å². The zero-order chi connectivity index (χ0) is 12.3. The summed E-state index contributed by atoms with van der Waals surface area (Å²) in [6, 6.07) is 8.71. The first-order valence-electron chi connectivity index (χ1n) is 5.07. The van der Waals surface area contributed by atoms with E-state index in [0.717, 1.165) is 10.3 Å². The van der Waals surface area contributed by atoms with E-state index in [1.807, 2.05) is 19.1 Å². The molecule has 2 aromatic rings. The molecule has 0 bridgehead atoms. The van der Waals surface area contributed by atoms with Crippen molar-refractivity contribution < 1.29 is 4.42 Å². The van der Waals surface area contributed by atoms with Crippen molar-refractivity contribution in [3.05, 3.63) is 52.6 Å². The molecule has 0 fully saturated rings. The van der Waals surface area contributed by atoms with E-state index in [1.165, 1.54) is 18.0 Å². The summed E-state index contributed by atoms with van der Waals surface area (Å²) in [6.45, 7) is 1.86. The smallest absolute Gasteiger partial charge is 0.336 e. The van der Waals surface area contributed by atoms with Gasteiger partial charge in [-0.2, -0.15) is 0 Å². The minimum absolute atomic E-state index is 0.339. The Morgan fingerprint density at radius 1 is 1.41 bits per heavy atom. The van der Waals surface area contributed by atoms with Gasteiger partial charge in [-0.05, 0) is 49.2 Å². The summed E-state index contributed by atoms with van der Waals surface area (Å²) in [5, 5.41) is 0.885. The van der Waals surface area contributed by atoms with Crippen molar-refractivity contribution in [1.82, 2.24) is 4.72 Å². The maximum atomic E-state index is 11.0. The zero-order valence-corrected chi connectivity index (χ0v) is 10.1. The monoisotopic (exact) mass is 248 g/mol. The fourth-order valence-electron chi connectivity index (χ4n) is 1.29. The third-order valence-corrected chi connectivity index (χ3v) is 3.02. The van der Waals surface area contributed by atoms with Gasteiger partial charge in [0, 0.05) is 16.3 Å². The Hall–Kier alpha value is -1.88. The molecule has 88 valence electrons. The first-order valence-corrected chi connectivity index (χ1v) is 5.89. The molecule has 0 amide bonds. The molecule has 0 unspecified atom stereocenters. The lowest BCUT2D eigenvalue weighted by atomic mass is 10.2. The van der Waals surface area contributed by atoms with E-state index >= 15 is 0 Å². The standard InChI is InChI=1S/C12H12N2O2S/c1-2-11(13)14-17-9-4-5-10-8(7-9)3-6-12(15)16-10/h2-7,14H,13H2,1H3/b11-2+. The summed E-state index contributed by atoms with van der Waals surface area (Å²) < 4.78 is 8.03. The maximum absolute atomic E-state index is 11.0. The first-order chi connectivity index (χ1) is 8.19. The molecule has 0 saturated heterocycles. The van der Waals surface area contributed by atoms with Crippen LogP contribution in [0.1, 0.15) is 6.92 Å². The summed E-state index contributed by atoms with van der Waals surface area (Å²) >= 11 is 1.41. The normalized spacial score (nSPS) is 11.7. The van der Waals surface area contributed by atoms with Crippen molar-refractivity contribution in [2.45, 2.75) is 11.8 Å². The molecule has 1 heterocycles. The van der Waals surface area contributed by atoms with Gasteiger partial charge in [-0.15, -0.1) is 0 Å². The van der Waals surface area contributed by atoms with Gasteiger partial charge in [-0.1, -0.05) is 0 Å². The van der Waals surface area contributed by atoms with Crippen LogP contribution in [0, 0.1) is 0 Å². The molecule has 5 heteroatoms. The Morgan fingerprint density at radius 3 is 3.00 bits per heavy atom. The van der Waals surface area contributed by atoms with E-state index in [2.05, 4.69) is 4.72 Å². The molecule has 0 aliphatic carbocycles. The van der Waals surface area contributed by atoms with E-state index in [-0.39, 0.29) is 5.63 Å². The second-order valence-corrected chi connectivity index (χ2v) is 4.28. The Bertz CT molecular complexity index is 619. The number of rotatable bonds is 3. The quantitative estimate of drug-likeness (QED) is 0.644. The van der Waals surface area contributed by atoms with Crippen LogP contribution in [-0.2, 0) is 0 Å². The molecule has 0 atom stereocenters. The van der Waals surface area contributed by atoms with Crippen molar-refractivity contribution in [2.75, 3.05) is 0 Å². The van der Waals surface area contributed by atoms with Gasteiger partial charge in [0.2, 0.25) is 0 Å². The molecular formula is C12H12N2O2S. The summed E-state index contributed by atoms with van der Waals surface area (Å²) in [5.41, 5.74) is 5.87. The van der Waals surface area contributed by atoms with Gasteiger partial charge in [0.25, 0.3) is 0 Å². The number of nitrogens with one attached hydrogen (secondary N) is 1. The highest BCUT2D eigenvalue weighted by Crippen LogP contribution is 2.21. The van der Waals surface area contributed by atoms with Crippen molar-refractivity contribution in [1.29, 1.82) is 0 Å². The second kappa shape index (κ2) is 4.97. The average molecular weight is 248 g/mol. The lowest BCUT2D eigenvalue weighted by Crippen LogP contribution is -2.11. The van der Waals surface area contributed by atoms with Gasteiger partial charge in [0.1, 0.15) is 11.4 Å². The Balaban J connectivity index is 2.26. The van der Waals surface area contributed by atoms with Gasteiger partial charge in [0.15, 0.2) is 0 Å². The lowest BCUT2D eigenvalue weighted by Gasteiger charge is -2.05. The summed E-state index contributed by atoms with van der Waals surface area (Å²) in [6.07, 6.45) is 1.78. The average Bonchev–Trinajstić information content (AvgIpc) is 2.35. The summed E-state index contributed by atoms with van der Waals surface area (Å²) in [7, 11) is 0. The number of hydrogen-bond acceptors (Lipinski definition) is 5. The van der Waals surface area contributed by atoms with Crippen LogP contribution in [0.2, 0.25) is 0 Å². The highest BCUT2D eigenvalue weighted by molar-refractivity contribution is 7.97. The zero-order valence-electron chi connectivity index (χ0n) is 9.27. The molecule has 0 aliphatic rings. The maximum Gasteiger partial charge on any atom is 0.336 e. The molecule has 0 aliphatic heterocycles. The minimum Gasteiger partial charge on any atom is -0.423 e. The number of fused-ring (bicyclic) bond motifs is 1. The molecule has 1 aromatic heterocycles. The first kappa shape index (κ1) is 11.6. The lowest BCUT2D eigenvalue weighted by molar-refractivity contribution is 0.561. The van der Waals surface area contributed by atoms with Crippen LogP contribution in [0.4, 0.5) is 0 Å². The van der Waals surface area contributed by atoms with Crippen LogP contribution in [0.25, 0.3) is 11.0 Å². The highest BCUT2D eigenvalue weighted by atomic mass is 32.2. The fourth-order valence-corrected chi connectivity index (χ4v) is 1.97. The van der Waals surface area contributed by atoms with Crippen LogP contribution in [0.5, 0.6) is 0 Å². The molecule has 1 aromatic carbocycles. The van der Waals surface area contributed by atoms with Crippen molar-refractivity contribution in [3.63, 3.8) is 0 Å². The van der Waals surface area contributed by atoms with E-state index in [1.54, 1.807) is 18.2 Å². The van der Waals surface area contributed by atoms with Crippen molar-refractivity contribution >= 4 is 22.9 Å². The summed E-state index contributed by atoms with van der Waals surface area (Å²) in [4.78, 5) is 12.0. The van der Waals surface area contributed by atoms with Crippen molar-refractivity contribution in [2.24, 2.45) is 5.73 Å². The van der Waals surface area contributed by atoms with Gasteiger partial charge in [-0.3, -0.25) is 0 Å². The molecular weight excluding hydrogens is 236 g/mol. The van der Waals surface area contributed by atoms with E-state index in [0.29, 0.717) is 11.4 Å². The topological polar surface area (TPSA) is 68.3 Å². The minimum atomic E-state index is -0.339. The largest absolute Gasteiger partial charge is 0.423 e. The number of allylic oxidation sites excluding steroid dienone is 1. The SMILES string of the molecule is C/C=C(\N)NSc1ccc2oc(=O)ccc2c1. The van der Waals surface area contributed by atoms with Gasteiger partial charge >= 0.3 is 5.63 Å². The van der Waals surface area contributed by atoms with Crippen molar-refractivity contribution in [3.8, 4) is 0 Å². The van der Waals surface area contributed by atoms with Gasteiger partial charge in [0.05, 0.1) is 0 Å². The Labute approximate surface area is 103 Å². The fraction of sp³-hybridized carbons (Fsp3) is 0.0833. The van der Waals surface area contributed by atoms with Crippen LogP contribution >= 0.6 is 11.9 Å².